The smallest absolute Gasteiger partial charge is 0.267 e. The summed E-state index contributed by atoms with van der Waals surface area (Å²) in [6.45, 7) is 13.1. The number of H-pyrrole nitrogens is 1. The Bertz CT molecular complexity index is 893. The predicted molar refractivity (Wildman–Crippen MR) is 135 cm³/mol. The van der Waals surface area contributed by atoms with Gasteiger partial charge >= 0.3 is 0 Å². The fourth-order valence-electron chi connectivity index (χ4n) is 5.19. The third-order valence-corrected chi connectivity index (χ3v) is 7.15. The molecule has 0 aliphatic carbocycles. The monoisotopic (exact) mass is 454 g/mol. The van der Waals surface area contributed by atoms with E-state index < -0.39 is 0 Å². The second-order valence-electron chi connectivity index (χ2n) is 10.5. The van der Waals surface area contributed by atoms with E-state index in [1.807, 2.05) is 24.3 Å². The minimum Gasteiger partial charge on any atom is -0.493 e. The molecule has 4 rings (SSSR count). The van der Waals surface area contributed by atoms with Gasteiger partial charge in [0.05, 0.1) is 6.61 Å². The number of carbonyl (C=O) groups is 1. The lowest BCUT2D eigenvalue weighted by Gasteiger charge is -2.38. The predicted octanol–water partition coefficient (Wildman–Crippen LogP) is 4.66. The van der Waals surface area contributed by atoms with Gasteiger partial charge in [-0.15, -0.1) is 0 Å². The van der Waals surface area contributed by atoms with Gasteiger partial charge in [-0.2, -0.15) is 0 Å². The Hall–Kier alpha value is -2.05. The zero-order chi connectivity index (χ0) is 23.2. The number of nitrogens with one attached hydrogen (secondary N) is 2. The molecule has 6 heteroatoms. The number of aromatic amines is 1. The molecule has 2 N–H and O–H groups in total. The second-order valence-corrected chi connectivity index (χ2v) is 10.5. The van der Waals surface area contributed by atoms with Crippen molar-refractivity contribution in [3.63, 3.8) is 0 Å². The normalized spacial score (nSPS) is 20.1. The van der Waals surface area contributed by atoms with Crippen LogP contribution in [0.2, 0.25) is 0 Å². The largest absolute Gasteiger partial charge is 0.493 e. The summed E-state index contributed by atoms with van der Waals surface area (Å²) in [7, 11) is 0. The SMILES string of the molecule is CC(C)COc1cccc2[nH]c(C(=O)NC3CCN(C(C)CN4CCCCCC4)CC3)cc12. The first-order valence-corrected chi connectivity index (χ1v) is 13.0. The van der Waals surface area contributed by atoms with Gasteiger partial charge < -0.3 is 19.9 Å². The summed E-state index contributed by atoms with van der Waals surface area (Å²) in [6.07, 6.45) is 7.50. The van der Waals surface area contributed by atoms with Crippen molar-refractivity contribution in [1.82, 2.24) is 20.1 Å². The van der Waals surface area contributed by atoms with E-state index in [9.17, 15) is 4.79 Å². The van der Waals surface area contributed by atoms with E-state index in [-0.39, 0.29) is 11.9 Å². The number of carbonyl (C=O) groups excluding carboxylic acids is 1. The van der Waals surface area contributed by atoms with Crippen LogP contribution in [-0.2, 0) is 0 Å². The molecule has 3 heterocycles. The standard InChI is InChI=1S/C27H42N4O2/c1-20(2)19-33-26-10-8-9-24-23(26)17-25(29-24)27(32)28-22-11-15-31(16-12-22)21(3)18-30-13-6-4-5-7-14-30/h8-10,17,20-22,29H,4-7,11-16,18-19H2,1-3H3,(H,28,32). The number of fused-ring (bicyclic) bond motifs is 1. The highest BCUT2D eigenvalue weighted by Gasteiger charge is 2.26. The fourth-order valence-corrected chi connectivity index (χ4v) is 5.19. The van der Waals surface area contributed by atoms with Gasteiger partial charge in [-0.05, 0) is 69.8 Å². The van der Waals surface area contributed by atoms with E-state index in [4.69, 9.17) is 4.74 Å². The lowest BCUT2D eigenvalue weighted by atomic mass is 10.0. The molecule has 1 unspecified atom stereocenters. The molecule has 1 atom stereocenters. The number of rotatable bonds is 8. The van der Waals surface area contributed by atoms with Crippen molar-refractivity contribution in [1.29, 1.82) is 0 Å². The summed E-state index contributed by atoms with van der Waals surface area (Å²) in [5.74, 6) is 1.28. The van der Waals surface area contributed by atoms with Crippen molar-refractivity contribution >= 4 is 16.8 Å². The van der Waals surface area contributed by atoms with E-state index in [1.54, 1.807) is 0 Å². The van der Waals surface area contributed by atoms with Gasteiger partial charge in [0, 0.05) is 42.6 Å². The second kappa shape index (κ2) is 11.4. The molecule has 1 aromatic carbocycles. The van der Waals surface area contributed by atoms with Gasteiger partial charge in [-0.3, -0.25) is 9.69 Å². The lowest BCUT2D eigenvalue weighted by molar-refractivity contribution is 0.0868. The van der Waals surface area contributed by atoms with Gasteiger partial charge in [0.2, 0.25) is 0 Å². The Morgan fingerprint density at radius 2 is 1.82 bits per heavy atom. The van der Waals surface area contributed by atoms with Crippen molar-refractivity contribution in [3.05, 3.63) is 30.0 Å². The Labute approximate surface area is 199 Å². The third kappa shape index (κ3) is 6.51. The van der Waals surface area contributed by atoms with Crippen LogP contribution in [0.15, 0.2) is 24.3 Å². The van der Waals surface area contributed by atoms with E-state index in [0.717, 1.165) is 42.6 Å². The number of hydrogen-bond acceptors (Lipinski definition) is 4. The number of aromatic nitrogens is 1. The number of hydrogen-bond donors (Lipinski definition) is 2. The highest BCUT2D eigenvalue weighted by atomic mass is 16.5. The van der Waals surface area contributed by atoms with E-state index in [2.05, 4.69) is 40.9 Å². The topological polar surface area (TPSA) is 60.6 Å². The molecular weight excluding hydrogens is 412 g/mol. The zero-order valence-corrected chi connectivity index (χ0v) is 20.7. The summed E-state index contributed by atoms with van der Waals surface area (Å²) in [5.41, 5.74) is 1.56. The molecule has 0 bridgehead atoms. The molecule has 2 aliphatic heterocycles. The Morgan fingerprint density at radius 3 is 2.52 bits per heavy atom. The van der Waals surface area contributed by atoms with Crippen LogP contribution >= 0.6 is 0 Å². The summed E-state index contributed by atoms with van der Waals surface area (Å²) in [6, 6.07) is 8.69. The number of amides is 1. The Balaban J connectivity index is 1.28. The molecule has 182 valence electrons. The Morgan fingerprint density at radius 1 is 1.09 bits per heavy atom. The number of benzene rings is 1. The number of likely N-dealkylation sites (tertiary alicyclic amines) is 2. The number of piperidine rings is 1. The molecule has 0 saturated carbocycles. The van der Waals surface area contributed by atoms with Crippen LogP contribution < -0.4 is 10.1 Å². The zero-order valence-electron chi connectivity index (χ0n) is 20.7. The van der Waals surface area contributed by atoms with E-state index >= 15 is 0 Å². The van der Waals surface area contributed by atoms with Crippen LogP contribution in [0, 0.1) is 5.92 Å². The Kier molecular flexibility index (Phi) is 8.31. The highest BCUT2D eigenvalue weighted by molar-refractivity contribution is 5.99. The molecule has 2 aliphatic rings. The summed E-state index contributed by atoms with van der Waals surface area (Å²) >= 11 is 0. The molecular formula is C27H42N4O2. The summed E-state index contributed by atoms with van der Waals surface area (Å²) in [5, 5.41) is 4.24. The van der Waals surface area contributed by atoms with Crippen LogP contribution in [0.4, 0.5) is 0 Å². The molecule has 0 radical (unpaired) electrons. The first-order valence-electron chi connectivity index (χ1n) is 13.0. The van der Waals surface area contributed by atoms with Crippen molar-refractivity contribution in [2.45, 2.75) is 71.4 Å². The minimum absolute atomic E-state index is 0.0166. The average molecular weight is 455 g/mol. The van der Waals surface area contributed by atoms with E-state index in [0.29, 0.717) is 24.3 Å². The number of ether oxygens (including phenoxy) is 1. The molecule has 2 aromatic rings. The van der Waals surface area contributed by atoms with Gasteiger partial charge in [0.1, 0.15) is 11.4 Å². The van der Waals surface area contributed by atoms with Crippen LogP contribution in [0.1, 0.15) is 69.8 Å². The molecule has 1 aromatic heterocycles. The molecule has 2 saturated heterocycles. The number of nitrogens with zero attached hydrogens (tertiary/aromatic N) is 2. The molecule has 2 fully saturated rings. The van der Waals surface area contributed by atoms with Crippen molar-refractivity contribution < 1.29 is 9.53 Å². The van der Waals surface area contributed by atoms with Crippen molar-refractivity contribution in [2.75, 3.05) is 39.3 Å². The van der Waals surface area contributed by atoms with Crippen molar-refractivity contribution in [2.24, 2.45) is 5.92 Å². The highest BCUT2D eigenvalue weighted by Crippen LogP contribution is 2.27. The van der Waals surface area contributed by atoms with Crippen LogP contribution in [0.5, 0.6) is 5.75 Å². The third-order valence-electron chi connectivity index (χ3n) is 7.15. The summed E-state index contributed by atoms with van der Waals surface area (Å²) < 4.78 is 5.96. The lowest BCUT2D eigenvalue weighted by Crippen LogP contribution is -2.50. The van der Waals surface area contributed by atoms with Crippen LogP contribution in [0.25, 0.3) is 10.9 Å². The van der Waals surface area contributed by atoms with Gasteiger partial charge in [-0.1, -0.05) is 32.8 Å². The minimum atomic E-state index is -0.0166. The maximum atomic E-state index is 13.0. The molecule has 33 heavy (non-hydrogen) atoms. The first kappa shape index (κ1) is 24.1. The molecule has 1 amide bonds. The quantitative estimate of drug-likeness (QED) is 0.609. The van der Waals surface area contributed by atoms with Gasteiger partial charge in [0.15, 0.2) is 0 Å². The maximum absolute atomic E-state index is 13.0. The molecule has 0 spiro atoms. The van der Waals surface area contributed by atoms with Gasteiger partial charge in [-0.25, -0.2) is 0 Å². The van der Waals surface area contributed by atoms with Crippen molar-refractivity contribution in [3.8, 4) is 5.75 Å². The van der Waals surface area contributed by atoms with E-state index in [1.165, 1.54) is 45.3 Å². The van der Waals surface area contributed by atoms with Crippen LogP contribution in [-0.4, -0.2) is 72.1 Å². The fraction of sp³-hybridized carbons (Fsp3) is 0.667. The van der Waals surface area contributed by atoms with Gasteiger partial charge in [0.25, 0.3) is 5.91 Å². The maximum Gasteiger partial charge on any atom is 0.267 e. The van der Waals surface area contributed by atoms with Crippen LogP contribution in [0.3, 0.4) is 0 Å². The molecule has 6 nitrogen and oxygen atoms in total. The summed E-state index contributed by atoms with van der Waals surface area (Å²) in [4.78, 5) is 21.5. The first-order chi connectivity index (χ1) is 16.0. The average Bonchev–Trinajstić information content (AvgIpc) is 3.09.